The zero-order chi connectivity index (χ0) is 11.9. The minimum atomic E-state index is 0.404. The SMILES string of the molecule is [SH2+]CCCN1CCN(CCCOCC2CO2)C1. The van der Waals surface area contributed by atoms with E-state index in [1.54, 1.807) is 0 Å². The number of ether oxygens (including phenoxy) is 2. The molecule has 2 saturated heterocycles. The fourth-order valence-corrected chi connectivity index (χ4v) is 2.30. The average molecular weight is 261 g/mol. The van der Waals surface area contributed by atoms with Gasteiger partial charge in [0.15, 0.2) is 0 Å². The van der Waals surface area contributed by atoms with Crippen molar-refractivity contribution in [1.29, 1.82) is 0 Å². The van der Waals surface area contributed by atoms with Crippen LogP contribution in [0.1, 0.15) is 12.8 Å². The normalized spacial score (nSPS) is 25.6. The molecule has 1 unspecified atom stereocenters. The van der Waals surface area contributed by atoms with E-state index in [4.69, 9.17) is 9.47 Å². The van der Waals surface area contributed by atoms with Crippen LogP contribution >= 0.6 is 0 Å². The Kier molecular flexibility index (Phi) is 6.08. The van der Waals surface area contributed by atoms with Gasteiger partial charge in [-0.1, -0.05) is 0 Å². The number of epoxide rings is 1. The molecule has 0 bridgehead atoms. The van der Waals surface area contributed by atoms with Crippen LogP contribution in [0.4, 0.5) is 0 Å². The van der Waals surface area contributed by atoms with Gasteiger partial charge in [-0.2, -0.15) is 0 Å². The van der Waals surface area contributed by atoms with Crippen LogP contribution in [0.3, 0.4) is 0 Å². The molecule has 2 rings (SSSR count). The summed E-state index contributed by atoms with van der Waals surface area (Å²) in [4.78, 5) is 5.05. The molecule has 2 aliphatic rings. The summed E-state index contributed by atoms with van der Waals surface area (Å²) in [5, 5.41) is 0. The number of hydrogen-bond acceptors (Lipinski definition) is 4. The van der Waals surface area contributed by atoms with Gasteiger partial charge in [0.2, 0.25) is 0 Å². The monoisotopic (exact) mass is 261 g/mol. The largest absolute Gasteiger partial charge is 0.379 e. The lowest BCUT2D eigenvalue weighted by molar-refractivity contribution is 0.106. The van der Waals surface area contributed by atoms with Crippen LogP contribution in [0.2, 0.25) is 0 Å². The Labute approximate surface area is 110 Å². The summed E-state index contributed by atoms with van der Waals surface area (Å²) in [6.45, 7) is 8.52. The van der Waals surface area contributed by atoms with E-state index in [2.05, 4.69) is 22.4 Å². The molecule has 0 spiro atoms. The van der Waals surface area contributed by atoms with Crippen molar-refractivity contribution in [1.82, 2.24) is 9.80 Å². The van der Waals surface area contributed by atoms with Crippen molar-refractivity contribution in [3.8, 4) is 0 Å². The van der Waals surface area contributed by atoms with Gasteiger partial charge in [0.25, 0.3) is 0 Å². The zero-order valence-electron chi connectivity index (χ0n) is 10.6. The summed E-state index contributed by atoms with van der Waals surface area (Å²) >= 11 is 3.53. The first kappa shape index (κ1) is 13.6. The van der Waals surface area contributed by atoms with Gasteiger partial charge in [0, 0.05) is 39.2 Å². The van der Waals surface area contributed by atoms with Crippen molar-refractivity contribution in [2.45, 2.75) is 18.9 Å². The summed E-state index contributed by atoms with van der Waals surface area (Å²) in [5.41, 5.74) is 0. The third-order valence-corrected chi connectivity index (χ3v) is 3.61. The standard InChI is InChI=1S/C12H24N2O2S/c17-8-2-4-14-6-5-13(11-14)3-1-7-15-9-12-10-16-12/h12,17H,1-11H2/p+1. The van der Waals surface area contributed by atoms with Crippen molar-refractivity contribution in [2.75, 3.05) is 58.4 Å². The van der Waals surface area contributed by atoms with Crippen LogP contribution < -0.4 is 0 Å². The Bertz CT molecular complexity index is 215. The van der Waals surface area contributed by atoms with Crippen molar-refractivity contribution in [2.24, 2.45) is 0 Å². The summed E-state index contributed by atoms with van der Waals surface area (Å²) < 4.78 is 10.6. The molecule has 1 atom stereocenters. The highest BCUT2D eigenvalue weighted by Gasteiger charge is 2.22. The summed E-state index contributed by atoms with van der Waals surface area (Å²) in [6.07, 6.45) is 2.79. The number of nitrogens with zero attached hydrogens (tertiary/aromatic N) is 2. The Hall–Kier alpha value is 0.190. The van der Waals surface area contributed by atoms with E-state index in [1.807, 2.05) is 0 Å². The second-order valence-electron chi connectivity index (χ2n) is 4.86. The van der Waals surface area contributed by atoms with Crippen LogP contribution in [0.5, 0.6) is 0 Å². The van der Waals surface area contributed by atoms with Gasteiger partial charge in [0.1, 0.15) is 11.9 Å². The van der Waals surface area contributed by atoms with Crippen molar-refractivity contribution in [3.05, 3.63) is 0 Å². The molecule has 0 saturated carbocycles. The molecule has 0 aromatic carbocycles. The van der Waals surface area contributed by atoms with Gasteiger partial charge < -0.3 is 9.47 Å². The smallest absolute Gasteiger partial charge is 0.104 e. The van der Waals surface area contributed by atoms with Crippen molar-refractivity contribution in [3.63, 3.8) is 0 Å². The first-order valence-corrected chi connectivity index (χ1v) is 7.38. The molecular formula is C12H25N2O2S+. The van der Waals surface area contributed by atoms with E-state index < -0.39 is 0 Å². The molecule has 2 heterocycles. The van der Waals surface area contributed by atoms with Crippen LogP contribution in [0, 0.1) is 0 Å². The molecule has 0 N–H and O–H groups in total. The number of hydrogen-bond donors (Lipinski definition) is 0. The third-order valence-electron chi connectivity index (χ3n) is 3.25. The van der Waals surface area contributed by atoms with Gasteiger partial charge in [-0.3, -0.25) is 9.80 Å². The van der Waals surface area contributed by atoms with E-state index in [0.29, 0.717) is 6.10 Å². The van der Waals surface area contributed by atoms with Gasteiger partial charge in [0.05, 0.1) is 19.9 Å². The minimum Gasteiger partial charge on any atom is -0.379 e. The quantitative estimate of drug-likeness (QED) is 0.326. The molecule has 4 nitrogen and oxygen atoms in total. The second-order valence-corrected chi connectivity index (χ2v) is 5.36. The molecule has 0 aromatic heterocycles. The Balaban J connectivity index is 1.43. The van der Waals surface area contributed by atoms with E-state index >= 15 is 0 Å². The number of rotatable bonds is 9. The fraction of sp³-hybridized carbons (Fsp3) is 1.00. The first-order valence-electron chi connectivity index (χ1n) is 6.67. The lowest BCUT2D eigenvalue weighted by atomic mass is 10.4. The topological polar surface area (TPSA) is 28.2 Å². The average Bonchev–Trinajstić information content (AvgIpc) is 3.05. The molecule has 0 aliphatic carbocycles. The zero-order valence-corrected chi connectivity index (χ0v) is 11.6. The molecule has 0 aromatic rings. The Morgan fingerprint density at radius 1 is 1.18 bits per heavy atom. The fourth-order valence-electron chi connectivity index (χ4n) is 2.14. The molecule has 17 heavy (non-hydrogen) atoms. The van der Waals surface area contributed by atoms with Crippen LogP contribution in [-0.2, 0) is 22.1 Å². The lowest BCUT2D eigenvalue weighted by Crippen LogP contribution is -2.27. The van der Waals surface area contributed by atoms with Crippen LogP contribution in [0.25, 0.3) is 0 Å². The molecular weight excluding hydrogens is 236 g/mol. The maximum absolute atomic E-state index is 5.54. The van der Waals surface area contributed by atoms with Gasteiger partial charge in [-0.05, 0) is 19.0 Å². The van der Waals surface area contributed by atoms with Gasteiger partial charge in [-0.25, -0.2) is 0 Å². The van der Waals surface area contributed by atoms with Crippen molar-refractivity contribution >= 4 is 12.6 Å². The van der Waals surface area contributed by atoms with Crippen LogP contribution in [0.15, 0.2) is 0 Å². The molecule has 5 heteroatoms. The highest BCUT2D eigenvalue weighted by atomic mass is 32.1. The summed E-state index contributed by atoms with van der Waals surface area (Å²) in [5.74, 6) is 1.10. The minimum absolute atomic E-state index is 0.404. The summed E-state index contributed by atoms with van der Waals surface area (Å²) in [6, 6.07) is 0. The highest BCUT2D eigenvalue weighted by Crippen LogP contribution is 2.09. The third kappa shape index (κ3) is 5.57. The molecule has 0 amide bonds. The molecule has 2 fully saturated rings. The predicted molar refractivity (Wildman–Crippen MR) is 72.8 cm³/mol. The highest BCUT2D eigenvalue weighted by molar-refractivity contribution is 7.58. The van der Waals surface area contributed by atoms with Gasteiger partial charge >= 0.3 is 0 Å². The summed E-state index contributed by atoms with van der Waals surface area (Å²) in [7, 11) is 0. The first-order chi connectivity index (χ1) is 8.38. The predicted octanol–water partition coefficient (Wildman–Crippen LogP) is -0.231. The molecule has 100 valence electrons. The maximum Gasteiger partial charge on any atom is 0.104 e. The van der Waals surface area contributed by atoms with E-state index in [-0.39, 0.29) is 0 Å². The van der Waals surface area contributed by atoms with E-state index in [9.17, 15) is 0 Å². The maximum atomic E-state index is 5.54. The van der Waals surface area contributed by atoms with Crippen LogP contribution in [-0.4, -0.2) is 74.3 Å². The Morgan fingerprint density at radius 3 is 2.53 bits per heavy atom. The van der Waals surface area contributed by atoms with Crippen molar-refractivity contribution < 1.29 is 9.47 Å². The Morgan fingerprint density at radius 2 is 1.88 bits per heavy atom. The van der Waals surface area contributed by atoms with Gasteiger partial charge in [-0.15, -0.1) is 0 Å². The lowest BCUT2D eigenvalue weighted by Gasteiger charge is -2.17. The van der Waals surface area contributed by atoms with E-state index in [0.717, 1.165) is 45.2 Å². The van der Waals surface area contributed by atoms with E-state index in [1.165, 1.54) is 26.1 Å². The molecule has 2 aliphatic heterocycles. The second kappa shape index (κ2) is 7.59. The molecule has 0 radical (unpaired) electrons.